The molecule has 1 atom stereocenters. The number of rotatable bonds is 7. The van der Waals surface area contributed by atoms with Crippen molar-refractivity contribution in [2.45, 2.75) is 17.4 Å². The Morgan fingerprint density at radius 2 is 2.25 bits per heavy atom. The second kappa shape index (κ2) is 6.64. The van der Waals surface area contributed by atoms with Crippen molar-refractivity contribution in [1.82, 2.24) is 4.72 Å². The normalized spacial score (nSPS) is 12.7. The van der Waals surface area contributed by atoms with Crippen LogP contribution in [0, 0.1) is 0 Å². The fourth-order valence-corrected chi connectivity index (χ4v) is 3.90. The van der Waals surface area contributed by atoms with Crippen LogP contribution in [0.15, 0.2) is 29.0 Å². The smallest absolute Gasteiger partial charge is 0.349 e. The molecule has 0 aromatic carbocycles. The zero-order valence-electron chi connectivity index (χ0n) is 10.5. The average molecular weight is 319 g/mol. The molecule has 2 N–H and O–H groups in total. The van der Waals surface area contributed by atoms with Crippen LogP contribution in [0.2, 0.25) is 0 Å². The third-order valence-corrected chi connectivity index (χ3v) is 4.82. The molecule has 0 aliphatic heterocycles. The van der Waals surface area contributed by atoms with Gasteiger partial charge in [0.2, 0.25) is 10.0 Å². The van der Waals surface area contributed by atoms with Gasteiger partial charge in [-0.15, -0.1) is 17.9 Å². The molecule has 0 amide bonds. The number of carboxylic acid groups (broad SMARTS) is 1. The van der Waals surface area contributed by atoms with E-state index in [4.69, 9.17) is 5.11 Å². The van der Waals surface area contributed by atoms with Gasteiger partial charge < -0.3 is 9.84 Å². The molecular weight excluding hydrogens is 306 g/mol. The Labute approximate surface area is 119 Å². The molecule has 1 unspecified atom stereocenters. The summed E-state index contributed by atoms with van der Waals surface area (Å²) in [5.41, 5.74) is 0. The van der Waals surface area contributed by atoms with Gasteiger partial charge in [0, 0.05) is 0 Å². The van der Waals surface area contributed by atoms with Crippen LogP contribution in [-0.2, 0) is 19.6 Å². The van der Waals surface area contributed by atoms with Gasteiger partial charge in [-0.05, 0) is 17.9 Å². The van der Waals surface area contributed by atoms with Gasteiger partial charge in [-0.2, -0.15) is 4.72 Å². The molecule has 0 saturated carbocycles. The maximum Gasteiger partial charge on any atom is 0.349 e. The van der Waals surface area contributed by atoms with Crippen molar-refractivity contribution in [2.75, 3.05) is 7.11 Å². The van der Waals surface area contributed by atoms with Gasteiger partial charge in [-0.25, -0.2) is 13.2 Å². The average Bonchev–Trinajstić information content (AvgIpc) is 2.87. The first-order valence-electron chi connectivity index (χ1n) is 5.35. The molecule has 0 saturated heterocycles. The highest BCUT2D eigenvalue weighted by Crippen LogP contribution is 2.23. The number of carboxylic acids is 1. The maximum atomic E-state index is 12.1. The van der Waals surface area contributed by atoms with Crippen LogP contribution in [0.4, 0.5) is 0 Å². The molecule has 0 bridgehead atoms. The van der Waals surface area contributed by atoms with E-state index in [1.54, 1.807) is 0 Å². The van der Waals surface area contributed by atoms with Crippen LogP contribution in [-0.4, -0.2) is 38.6 Å². The monoisotopic (exact) mass is 319 g/mol. The third kappa shape index (κ3) is 3.65. The standard InChI is InChI=1S/C11H13NO6S2/c1-3-4-7(10(13)14)12-20(16,17)8-5-6-19-9(8)11(15)18-2/h3,5-7,12H,1,4H2,2H3,(H,13,14). The van der Waals surface area contributed by atoms with E-state index in [0.717, 1.165) is 18.4 Å². The van der Waals surface area contributed by atoms with E-state index in [9.17, 15) is 18.0 Å². The van der Waals surface area contributed by atoms with Crippen molar-refractivity contribution in [1.29, 1.82) is 0 Å². The lowest BCUT2D eigenvalue weighted by molar-refractivity contribution is -0.138. The zero-order valence-corrected chi connectivity index (χ0v) is 12.2. The molecule has 0 aliphatic rings. The van der Waals surface area contributed by atoms with Gasteiger partial charge in [-0.1, -0.05) is 6.08 Å². The first-order valence-corrected chi connectivity index (χ1v) is 7.71. The summed E-state index contributed by atoms with van der Waals surface area (Å²) in [6.45, 7) is 3.36. The minimum Gasteiger partial charge on any atom is -0.480 e. The lowest BCUT2D eigenvalue weighted by Gasteiger charge is -2.12. The minimum atomic E-state index is -4.14. The zero-order chi connectivity index (χ0) is 15.3. The quantitative estimate of drug-likeness (QED) is 0.569. The molecule has 0 spiro atoms. The largest absolute Gasteiger partial charge is 0.480 e. The lowest BCUT2D eigenvalue weighted by atomic mass is 10.2. The van der Waals surface area contributed by atoms with E-state index in [2.05, 4.69) is 11.3 Å². The highest BCUT2D eigenvalue weighted by molar-refractivity contribution is 7.89. The number of carbonyl (C=O) groups excluding carboxylic acids is 1. The maximum absolute atomic E-state index is 12.1. The predicted molar refractivity (Wildman–Crippen MR) is 72.2 cm³/mol. The minimum absolute atomic E-state index is 0.0771. The van der Waals surface area contributed by atoms with E-state index in [1.165, 1.54) is 17.5 Å². The van der Waals surface area contributed by atoms with Crippen molar-refractivity contribution in [3.05, 3.63) is 29.0 Å². The van der Waals surface area contributed by atoms with Crippen molar-refractivity contribution in [3.8, 4) is 0 Å². The second-order valence-corrected chi connectivity index (χ2v) is 6.24. The highest BCUT2D eigenvalue weighted by atomic mass is 32.2. The Balaban J connectivity index is 3.11. The van der Waals surface area contributed by atoms with E-state index in [-0.39, 0.29) is 16.2 Å². The molecule has 1 heterocycles. The molecular formula is C11H13NO6S2. The molecule has 7 nitrogen and oxygen atoms in total. The number of aliphatic carboxylic acids is 1. The molecule has 9 heteroatoms. The summed E-state index contributed by atoms with van der Waals surface area (Å²) < 4.78 is 30.7. The number of sulfonamides is 1. The number of hydrogen-bond acceptors (Lipinski definition) is 6. The molecule has 0 fully saturated rings. The summed E-state index contributed by atoms with van der Waals surface area (Å²) in [5.74, 6) is -2.13. The Hall–Kier alpha value is -1.71. The van der Waals surface area contributed by atoms with Crippen molar-refractivity contribution < 1.29 is 27.9 Å². The molecule has 0 aliphatic carbocycles. The van der Waals surface area contributed by atoms with Crippen LogP contribution >= 0.6 is 11.3 Å². The lowest BCUT2D eigenvalue weighted by Crippen LogP contribution is -2.40. The van der Waals surface area contributed by atoms with Crippen LogP contribution in [0.5, 0.6) is 0 Å². The van der Waals surface area contributed by atoms with Gasteiger partial charge in [0.1, 0.15) is 15.8 Å². The molecule has 1 rings (SSSR count). The van der Waals surface area contributed by atoms with Crippen LogP contribution < -0.4 is 4.72 Å². The van der Waals surface area contributed by atoms with Crippen LogP contribution in [0.3, 0.4) is 0 Å². The van der Waals surface area contributed by atoms with Crippen molar-refractivity contribution in [3.63, 3.8) is 0 Å². The summed E-state index contributed by atoms with van der Waals surface area (Å²) in [5, 5.41) is 10.3. The van der Waals surface area contributed by atoms with Crippen molar-refractivity contribution >= 4 is 33.3 Å². The fraction of sp³-hybridized carbons (Fsp3) is 0.273. The van der Waals surface area contributed by atoms with E-state index in [1.807, 2.05) is 4.72 Å². The first-order chi connectivity index (χ1) is 9.33. The van der Waals surface area contributed by atoms with Crippen LogP contribution in [0.1, 0.15) is 16.1 Å². The molecule has 110 valence electrons. The van der Waals surface area contributed by atoms with Gasteiger partial charge in [0.05, 0.1) is 7.11 Å². The number of carbonyl (C=O) groups is 2. The number of methoxy groups -OCH3 is 1. The Morgan fingerprint density at radius 3 is 2.75 bits per heavy atom. The molecule has 1 aromatic heterocycles. The topological polar surface area (TPSA) is 110 Å². The van der Waals surface area contributed by atoms with E-state index in [0.29, 0.717) is 0 Å². The van der Waals surface area contributed by atoms with Crippen LogP contribution in [0.25, 0.3) is 0 Å². The number of ether oxygens (including phenoxy) is 1. The third-order valence-electron chi connectivity index (χ3n) is 2.29. The summed E-state index contributed by atoms with van der Waals surface area (Å²) in [7, 11) is -3.01. The first kappa shape index (κ1) is 16.3. The second-order valence-electron chi connectivity index (χ2n) is 3.64. The van der Waals surface area contributed by atoms with Crippen molar-refractivity contribution in [2.24, 2.45) is 0 Å². The SMILES string of the molecule is C=CCC(NS(=O)(=O)c1ccsc1C(=O)OC)C(=O)O. The Bertz CT molecular complexity index is 619. The summed E-state index contributed by atoms with van der Waals surface area (Å²) >= 11 is 0.897. The van der Waals surface area contributed by atoms with E-state index >= 15 is 0 Å². The number of hydrogen-bond donors (Lipinski definition) is 2. The molecule has 0 radical (unpaired) electrons. The predicted octanol–water partition coefficient (Wildman–Crippen LogP) is 0.842. The van der Waals surface area contributed by atoms with Gasteiger partial charge >= 0.3 is 11.9 Å². The summed E-state index contributed by atoms with van der Waals surface area (Å²) in [6, 6.07) is -0.130. The fourth-order valence-electron chi connectivity index (χ4n) is 1.37. The summed E-state index contributed by atoms with van der Waals surface area (Å²) in [4.78, 5) is 22.0. The number of nitrogens with one attached hydrogen (secondary N) is 1. The van der Waals surface area contributed by atoms with Gasteiger partial charge in [-0.3, -0.25) is 4.79 Å². The number of thiophene rings is 1. The van der Waals surface area contributed by atoms with E-state index < -0.39 is 28.0 Å². The Morgan fingerprint density at radius 1 is 1.60 bits per heavy atom. The molecule has 20 heavy (non-hydrogen) atoms. The highest BCUT2D eigenvalue weighted by Gasteiger charge is 2.29. The molecule has 1 aromatic rings. The number of esters is 1. The summed E-state index contributed by atoms with van der Waals surface area (Å²) in [6.07, 6.45) is 1.21. The van der Waals surface area contributed by atoms with Gasteiger partial charge in [0.25, 0.3) is 0 Å². The van der Waals surface area contributed by atoms with Gasteiger partial charge in [0.15, 0.2) is 0 Å². The Kier molecular flexibility index (Phi) is 5.43.